The first kappa shape index (κ1) is 27.6. The smallest absolute Gasteiger partial charge is 0.407 e. The van der Waals surface area contributed by atoms with Gasteiger partial charge in [-0.3, -0.25) is 4.79 Å². The Morgan fingerprint density at radius 3 is 2.52 bits per heavy atom. The van der Waals surface area contributed by atoms with Crippen molar-refractivity contribution >= 4 is 23.9 Å². The summed E-state index contributed by atoms with van der Waals surface area (Å²) in [5, 5.41) is 36.1. The van der Waals surface area contributed by atoms with Crippen LogP contribution in [0, 0.1) is 0 Å². The van der Waals surface area contributed by atoms with E-state index in [0.717, 1.165) is 6.92 Å². The van der Waals surface area contributed by atoms with Crippen molar-refractivity contribution in [1.82, 2.24) is 10.6 Å². The zero-order valence-electron chi connectivity index (χ0n) is 17.2. The minimum atomic E-state index is -4.10. The van der Waals surface area contributed by atoms with Crippen LogP contribution < -0.4 is 22.1 Å². The number of nitrogens with two attached hydrogens (primary N) is 2. The van der Waals surface area contributed by atoms with Crippen molar-refractivity contribution < 1.29 is 48.0 Å². The number of carboxylic acid groups (broad SMARTS) is 1. The van der Waals surface area contributed by atoms with Crippen LogP contribution in [-0.4, -0.2) is 101 Å². The Balaban J connectivity index is 3.45. The van der Waals surface area contributed by atoms with E-state index < -0.39 is 73.0 Å². The van der Waals surface area contributed by atoms with Gasteiger partial charge >= 0.3 is 17.9 Å². The highest BCUT2D eigenvalue weighted by Crippen LogP contribution is 2.38. The fourth-order valence-corrected chi connectivity index (χ4v) is 2.98. The average molecular weight is 482 g/mol. The third kappa shape index (κ3) is 7.01. The molecule has 0 aromatic rings. The van der Waals surface area contributed by atoms with Gasteiger partial charge in [0.25, 0.3) is 0 Å². The third-order valence-corrected chi connectivity index (χ3v) is 4.32. The number of halogens is 2. The van der Waals surface area contributed by atoms with Gasteiger partial charge in [-0.25, -0.2) is 19.0 Å². The van der Waals surface area contributed by atoms with Crippen molar-refractivity contribution in [3.05, 3.63) is 10.4 Å². The topological polar surface area (TPSA) is 268 Å². The van der Waals surface area contributed by atoms with Gasteiger partial charge in [-0.2, -0.15) is 4.39 Å². The molecule has 0 aliphatic carbocycles. The average Bonchev–Trinajstić information content (AvgIpc) is 2.73. The molecule has 0 saturated carbocycles. The van der Waals surface area contributed by atoms with Crippen LogP contribution in [0.3, 0.4) is 0 Å². The molecular weight excluding hydrogens is 458 g/mol. The van der Waals surface area contributed by atoms with Gasteiger partial charge in [0.2, 0.25) is 5.91 Å². The molecule has 1 rings (SSSR count). The number of hydrogen-bond donors (Lipinski definition) is 7. The monoisotopic (exact) mass is 482 g/mol. The molecule has 0 spiro atoms. The summed E-state index contributed by atoms with van der Waals surface area (Å²) in [6.07, 6.45) is -10.6. The molecule has 1 aliphatic heterocycles. The van der Waals surface area contributed by atoms with Gasteiger partial charge in [-0.05, 0) is 5.53 Å². The quantitative estimate of drug-likeness (QED) is 0.0425. The number of carboxylic acids is 1. The fraction of sp³-hybridized carbons (Fsp3) is 0.733. The summed E-state index contributed by atoms with van der Waals surface area (Å²) < 4.78 is 39.7. The van der Waals surface area contributed by atoms with Gasteiger partial charge < -0.3 is 46.9 Å². The molecule has 0 aromatic carbocycles. The lowest BCUT2D eigenvalue weighted by atomic mass is 9.86. The molecule has 0 bridgehead atoms. The second-order valence-electron chi connectivity index (χ2n) is 6.71. The summed E-state index contributed by atoms with van der Waals surface area (Å²) in [4.78, 5) is 41.1. The summed E-state index contributed by atoms with van der Waals surface area (Å²) in [6.45, 7) is -0.583. The highest BCUT2D eigenvalue weighted by molar-refractivity contribution is 5.79. The van der Waals surface area contributed by atoms with Gasteiger partial charge in [0.05, 0.1) is 12.6 Å². The number of alkyl halides is 2. The number of carbonyl (C=O) groups is 3. The summed E-state index contributed by atoms with van der Waals surface area (Å²) in [5.41, 5.74) is 18.7. The molecule has 9 N–H and O–H groups in total. The Bertz CT molecular complexity index is 809. The molecule has 1 aliphatic rings. The van der Waals surface area contributed by atoms with E-state index in [1.165, 1.54) is 0 Å². The van der Waals surface area contributed by atoms with Gasteiger partial charge in [0, 0.05) is 24.9 Å². The standard InChI is InChI=1S/C15H24F2N8O8/c1-5(27)23-7-8(24-13(18)19)11(16)15(17,12(29)30)33-10(7)9(6(28)4-26)32-14(31)21-2-3-22-25-20/h6-11,26,28H,2-4H2,1H3,(H,21,31)(H,23,27)(H,29,30)(H4,18,19,24)/t6-,7-,8-,9-,10-,11-,15-/m1/s1. The van der Waals surface area contributed by atoms with Gasteiger partial charge in [0.1, 0.15) is 18.2 Å². The van der Waals surface area contributed by atoms with Crippen molar-refractivity contribution in [2.24, 2.45) is 21.6 Å². The Morgan fingerprint density at radius 2 is 2.03 bits per heavy atom. The number of aliphatic carboxylic acids is 1. The number of azide groups is 1. The predicted octanol–water partition coefficient (Wildman–Crippen LogP) is -2.62. The molecule has 1 fully saturated rings. The van der Waals surface area contributed by atoms with Crippen molar-refractivity contribution in [1.29, 1.82) is 0 Å². The normalized spacial score (nSPS) is 28.4. The van der Waals surface area contributed by atoms with Gasteiger partial charge in [-0.15, -0.1) is 0 Å². The summed E-state index contributed by atoms with van der Waals surface area (Å²) in [6, 6.07) is -3.88. The highest BCUT2D eigenvalue weighted by atomic mass is 19.2. The number of ether oxygens (including phenoxy) is 2. The molecule has 33 heavy (non-hydrogen) atoms. The van der Waals surface area contributed by atoms with E-state index in [1.807, 2.05) is 0 Å². The maximum atomic E-state index is 15.1. The molecule has 0 aromatic heterocycles. The van der Waals surface area contributed by atoms with Crippen LogP contribution in [-0.2, 0) is 19.1 Å². The van der Waals surface area contributed by atoms with Crippen LogP contribution in [0.15, 0.2) is 10.1 Å². The first-order valence-electron chi connectivity index (χ1n) is 9.23. The van der Waals surface area contributed by atoms with E-state index in [4.69, 9.17) is 26.5 Å². The molecule has 0 radical (unpaired) electrons. The number of hydrogen-bond acceptors (Lipinski definition) is 9. The Kier molecular flexibility index (Phi) is 9.99. The van der Waals surface area contributed by atoms with Gasteiger partial charge in [-0.1, -0.05) is 5.11 Å². The molecule has 1 saturated heterocycles. The van der Waals surface area contributed by atoms with Crippen molar-refractivity contribution in [2.75, 3.05) is 19.7 Å². The van der Waals surface area contributed by atoms with Crippen LogP contribution >= 0.6 is 0 Å². The maximum Gasteiger partial charge on any atom is 0.407 e. The highest BCUT2D eigenvalue weighted by Gasteiger charge is 2.64. The lowest BCUT2D eigenvalue weighted by molar-refractivity contribution is -0.275. The summed E-state index contributed by atoms with van der Waals surface area (Å²) in [5.74, 6) is -8.19. The number of amides is 2. The van der Waals surface area contributed by atoms with E-state index in [0.29, 0.717) is 0 Å². The largest absolute Gasteiger partial charge is 0.477 e. The number of rotatable bonds is 10. The molecule has 0 unspecified atom stereocenters. The molecule has 2 amide bonds. The van der Waals surface area contributed by atoms with Crippen molar-refractivity contribution in [3.8, 4) is 0 Å². The number of aliphatic hydroxyl groups is 2. The number of guanidine groups is 1. The first-order chi connectivity index (χ1) is 15.4. The second kappa shape index (κ2) is 12.0. The van der Waals surface area contributed by atoms with E-state index in [1.54, 1.807) is 0 Å². The molecule has 186 valence electrons. The number of aliphatic hydroxyl groups excluding tert-OH is 2. The summed E-state index contributed by atoms with van der Waals surface area (Å²) >= 11 is 0. The van der Waals surface area contributed by atoms with E-state index in [9.17, 15) is 34.1 Å². The Labute approximate surface area is 184 Å². The molecule has 16 nitrogen and oxygen atoms in total. The van der Waals surface area contributed by atoms with Crippen LogP contribution in [0.5, 0.6) is 0 Å². The summed E-state index contributed by atoms with van der Waals surface area (Å²) in [7, 11) is 0. The molecular formula is C15H24F2N8O8. The predicted molar refractivity (Wildman–Crippen MR) is 104 cm³/mol. The number of nitrogens with one attached hydrogen (secondary N) is 2. The zero-order valence-corrected chi connectivity index (χ0v) is 17.2. The van der Waals surface area contributed by atoms with E-state index in [-0.39, 0.29) is 13.1 Å². The van der Waals surface area contributed by atoms with Gasteiger partial charge in [0.15, 0.2) is 18.2 Å². The van der Waals surface area contributed by atoms with Crippen LogP contribution in [0.25, 0.3) is 10.4 Å². The van der Waals surface area contributed by atoms with Crippen LogP contribution in [0.4, 0.5) is 13.6 Å². The SMILES string of the molecule is CC(=O)N[C@@H]1[C@@H](N=C(N)N)[C@@H](F)[C@](F)(C(=O)O)O[C@H]1[C@H](OC(=O)NCCN=[N+]=[N-])[C@H](O)CO. The fourth-order valence-electron chi connectivity index (χ4n) is 2.98. The second-order valence-corrected chi connectivity index (χ2v) is 6.71. The van der Waals surface area contributed by atoms with Crippen LogP contribution in [0.2, 0.25) is 0 Å². The molecule has 7 atom stereocenters. The lowest BCUT2D eigenvalue weighted by Crippen LogP contribution is -2.71. The number of nitrogens with zero attached hydrogens (tertiary/aromatic N) is 4. The Morgan fingerprint density at radius 1 is 1.39 bits per heavy atom. The van der Waals surface area contributed by atoms with Crippen molar-refractivity contribution in [2.45, 2.75) is 49.3 Å². The minimum Gasteiger partial charge on any atom is -0.477 e. The Hall–Kier alpha value is -3.47. The lowest BCUT2D eigenvalue weighted by Gasteiger charge is -2.46. The molecule has 18 heteroatoms. The number of alkyl carbamates (subject to hydrolysis) is 1. The minimum absolute atomic E-state index is 0.198. The first-order valence-corrected chi connectivity index (χ1v) is 9.23. The maximum absolute atomic E-state index is 15.1. The number of carbonyl (C=O) groups excluding carboxylic acids is 2. The number of aliphatic imine (C=N–C) groups is 1. The third-order valence-electron chi connectivity index (χ3n) is 4.32. The van der Waals surface area contributed by atoms with E-state index in [2.05, 4.69) is 25.7 Å². The zero-order chi connectivity index (χ0) is 25.3. The molecule has 1 heterocycles. The van der Waals surface area contributed by atoms with Crippen molar-refractivity contribution in [3.63, 3.8) is 0 Å². The van der Waals surface area contributed by atoms with E-state index >= 15 is 4.39 Å². The van der Waals surface area contributed by atoms with Crippen LogP contribution in [0.1, 0.15) is 6.92 Å².